The number of carbonyl (C=O) groups excluding carboxylic acids is 1. The van der Waals surface area contributed by atoms with Gasteiger partial charge in [-0.25, -0.2) is 34.3 Å². The summed E-state index contributed by atoms with van der Waals surface area (Å²) in [6, 6.07) is 7.07. The molecule has 0 bridgehead atoms. The summed E-state index contributed by atoms with van der Waals surface area (Å²) in [6.45, 7) is 0.672. The van der Waals surface area contributed by atoms with Gasteiger partial charge in [-0.05, 0) is 32.3 Å². The first kappa shape index (κ1) is 24.2. The minimum atomic E-state index is -0.380. The molecular formula is C23H25N11O2. The van der Waals surface area contributed by atoms with E-state index in [1.54, 1.807) is 49.9 Å². The number of nitrogen functional groups attached to an aromatic ring is 1. The molecule has 0 spiro atoms. The highest BCUT2D eigenvalue weighted by atomic mass is 16.2. The summed E-state index contributed by atoms with van der Waals surface area (Å²) in [7, 11) is 5.54. The quantitative estimate of drug-likeness (QED) is 0.308. The van der Waals surface area contributed by atoms with Gasteiger partial charge in [-0.15, -0.1) is 0 Å². The lowest BCUT2D eigenvalue weighted by Crippen LogP contribution is -2.25. The highest BCUT2D eigenvalue weighted by Crippen LogP contribution is 2.21. The number of carbonyl (C=O) groups is 1. The molecule has 0 saturated carbocycles. The van der Waals surface area contributed by atoms with Crippen molar-refractivity contribution < 1.29 is 4.79 Å². The van der Waals surface area contributed by atoms with Gasteiger partial charge in [0.15, 0.2) is 17.1 Å². The van der Waals surface area contributed by atoms with Gasteiger partial charge in [0.2, 0.25) is 5.91 Å². The van der Waals surface area contributed by atoms with E-state index in [-0.39, 0.29) is 17.4 Å². The van der Waals surface area contributed by atoms with Crippen molar-refractivity contribution >= 4 is 39.7 Å². The molecule has 1 amide bonds. The van der Waals surface area contributed by atoms with E-state index in [1.807, 2.05) is 19.0 Å². The number of nitrogens with zero attached hydrogens (tertiary/aromatic N) is 8. The van der Waals surface area contributed by atoms with Crippen LogP contribution in [-0.4, -0.2) is 77.9 Å². The number of benzene rings is 1. The fourth-order valence-corrected chi connectivity index (χ4v) is 3.31. The minimum absolute atomic E-state index is 0.160. The Bertz CT molecular complexity index is 1550. The van der Waals surface area contributed by atoms with Crippen LogP contribution in [0.3, 0.4) is 0 Å². The van der Waals surface area contributed by atoms with Crippen molar-refractivity contribution in [2.45, 2.75) is 0 Å². The summed E-state index contributed by atoms with van der Waals surface area (Å²) in [6.07, 6.45) is 9.39. The number of rotatable bonds is 5. The number of imidazole rings is 2. The first-order chi connectivity index (χ1) is 17.3. The molecule has 0 aliphatic rings. The van der Waals surface area contributed by atoms with Crippen molar-refractivity contribution in [3.8, 4) is 5.69 Å². The average Bonchev–Trinajstić information content (AvgIpc) is 3.48. The van der Waals surface area contributed by atoms with Crippen LogP contribution in [0.15, 0.2) is 66.4 Å². The lowest BCUT2D eigenvalue weighted by Gasteiger charge is -2.16. The smallest absolute Gasteiger partial charge is 0.332 e. The molecule has 0 unspecified atom stereocenters. The van der Waals surface area contributed by atoms with Gasteiger partial charge < -0.3 is 25.5 Å². The summed E-state index contributed by atoms with van der Waals surface area (Å²) < 4.78 is 1.40. The van der Waals surface area contributed by atoms with Crippen LogP contribution in [0.5, 0.6) is 0 Å². The van der Waals surface area contributed by atoms with Crippen molar-refractivity contribution in [3.63, 3.8) is 0 Å². The third-order valence-electron chi connectivity index (χ3n) is 5.14. The molecule has 4 heterocycles. The highest BCUT2D eigenvalue weighted by molar-refractivity contribution is 6.01. The zero-order valence-corrected chi connectivity index (χ0v) is 20.0. The number of amides is 1. The summed E-state index contributed by atoms with van der Waals surface area (Å²) in [5.74, 6) is 0.0390. The number of nitrogens with two attached hydrogens (primary N) is 1. The third kappa shape index (κ3) is 5.26. The first-order valence-electron chi connectivity index (χ1n) is 10.8. The third-order valence-corrected chi connectivity index (χ3v) is 5.14. The predicted octanol–water partition coefficient (Wildman–Crippen LogP) is 1.12. The van der Waals surface area contributed by atoms with Crippen LogP contribution in [0.2, 0.25) is 0 Å². The molecule has 0 aliphatic carbocycles. The van der Waals surface area contributed by atoms with Crippen LogP contribution in [0.1, 0.15) is 0 Å². The number of anilines is 2. The molecule has 5 aromatic rings. The van der Waals surface area contributed by atoms with E-state index in [2.05, 4.69) is 34.9 Å². The Hall–Kier alpha value is -4.91. The maximum absolute atomic E-state index is 12.4. The molecular weight excluding hydrogens is 462 g/mol. The average molecular weight is 488 g/mol. The number of hydrogen-bond acceptors (Lipinski definition) is 9. The Labute approximate surface area is 205 Å². The number of aromatic nitrogens is 8. The van der Waals surface area contributed by atoms with Crippen molar-refractivity contribution in [2.24, 2.45) is 0 Å². The molecule has 1 aromatic carbocycles. The Kier molecular flexibility index (Phi) is 7.11. The lowest BCUT2D eigenvalue weighted by molar-refractivity contribution is -0.113. The van der Waals surface area contributed by atoms with Gasteiger partial charge in [0.05, 0.1) is 18.2 Å². The van der Waals surface area contributed by atoms with Crippen LogP contribution >= 0.6 is 0 Å². The van der Waals surface area contributed by atoms with Crippen LogP contribution < -0.4 is 16.3 Å². The van der Waals surface area contributed by atoms with Crippen molar-refractivity contribution in [3.05, 3.63) is 72.1 Å². The van der Waals surface area contributed by atoms with Gasteiger partial charge in [0.25, 0.3) is 0 Å². The number of fused-ring (bicyclic) bond motifs is 2. The zero-order valence-electron chi connectivity index (χ0n) is 20.0. The Balaban J connectivity index is 0.000000280. The van der Waals surface area contributed by atoms with E-state index < -0.39 is 0 Å². The Morgan fingerprint density at radius 1 is 1.14 bits per heavy atom. The molecule has 4 N–H and O–H groups in total. The number of hydrogen-bond donors (Lipinski definition) is 3. The largest absolute Gasteiger partial charge is 0.382 e. The molecule has 0 fully saturated rings. The zero-order chi connectivity index (χ0) is 25.7. The van der Waals surface area contributed by atoms with Crippen LogP contribution in [0, 0.1) is 0 Å². The maximum atomic E-state index is 12.4. The molecule has 0 saturated heterocycles. The lowest BCUT2D eigenvalue weighted by atomic mass is 10.2. The maximum Gasteiger partial charge on any atom is 0.332 e. The summed E-state index contributed by atoms with van der Waals surface area (Å²) in [5, 5.41) is 0. The first-order valence-corrected chi connectivity index (χ1v) is 10.8. The number of aromatic amines is 2. The van der Waals surface area contributed by atoms with Crippen molar-refractivity contribution in [2.75, 3.05) is 38.3 Å². The summed E-state index contributed by atoms with van der Waals surface area (Å²) >= 11 is 0. The Morgan fingerprint density at radius 2 is 1.97 bits per heavy atom. The van der Waals surface area contributed by atoms with Gasteiger partial charge in [0, 0.05) is 25.4 Å². The topological polar surface area (TPSA) is 168 Å². The van der Waals surface area contributed by atoms with Gasteiger partial charge in [-0.3, -0.25) is 4.79 Å². The molecule has 0 radical (unpaired) electrons. The number of H-pyrrole nitrogens is 2. The number of likely N-dealkylation sites (N-methyl/N-ethyl adjacent to an activating group) is 2. The fraction of sp³-hybridized carbons (Fsp3) is 0.174. The van der Waals surface area contributed by atoms with E-state index >= 15 is 0 Å². The molecule has 5 rings (SSSR count). The van der Waals surface area contributed by atoms with Crippen molar-refractivity contribution in [1.82, 2.24) is 44.4 Å². The normalized spacial score (nSPS) is 11.2. The highest BCUT2D eigenvalue weighted by Gasteiger charge is 2.14. The van der Waals surface area contributed by atoms with Crippen LogP contribution in [0.25, 0.3) is 28.0 Å². The second kappa shape index (κ2) is 10.6. The van der Waals surface area contributed by atoms with E-state index in [1.165, 1.54) is 28.2 Å². The van der Waals surface area contributed by atoms with Gasteiger partial charge in [0.1, 0.15) is 23.7 Å². The van der Waals surface area contributed by atoms with E-state index in [9.17, 15) is 9.59 Å². The minimum Gasteiger partial charge on any atom is -0.382 e. The monoisotopic (exact) mass is 487 g/mol. The molecule has 0 atom stereocenters. The van der Waals surface area contributed by atoms with Crippen molar-refractivity contribution in [1.29, 1.82) is 0 Å². The van der Waals surface area contributed by atoms with E-state index in [0.717, 1.165) is 5.52 Å². The second-order valence-electron chi connectivity index (χ2n) is 7.97. The number of nitrogens with one attached hydrogen (secondary N) is 2. The SMILES string of the molecule is CN(C)CC=CC(=O)N(C)c1cccc(-n2c(=O)[nH]c3c(N)ncnc32)c1.c1ncc2[nH]cnc2n1. The van der Waals surface area contributed by atoms with E-state index in [0.29, 0.717) is 34.7 Å². The van der Waals surface area contributed by atoms with Crippen LogP contribution in [0.4, 0.5) is 11.5 Å². The molecule has 4 aromatic heterocycles. The van der Waals surface area contributed by atoms with E-state index in [4.69, 9.17) is 5.73 Å². The van der Waals surface area contributed by atoms with Gasteiger partial charge >= 0.3 is 5.69 Å². The summed E-state index contributed by atoms with van der Waals surface area (Å²) in [5.41, 5.74) is 8.98. The molecule has 36 heavy (non-hydrogen) atoms. The second-order valence-corrected chi connectivity index (χ2v) is 7.97. The van der Waals surface area contributed by atoms with Crippen LogP contribution in [-0.2, 0) is 4.79 Å². The fourth-order valence-electron chi connectivity index (χ4n) is 3.31. The molecule has 184 valence electrons. The molecule has 0 aliphatic heterocycles. The predicted molar refractivity (Wildman–Crippen MR) is 137 cm³/mol. The van der Waals surface area contributed by atoms with Gasteiger partial charge in [-0.1, -0.05) is 12.1 Å². The standard InChI is InChI=1S/C18H21N7O2.C5H4N4/c1-23(2)9-5-8-14(26)24(3)12-6-4-7-13(10-12)25-17-15(22-18(25)27)16(19)20-11-21-17;1-4-5(8-2-6-1)9-3-7-4/h4-8,10-11H,9H2,1-3H3,(H,22,27)(H2,19,20,21);1-3H,(H,6,7,8,9). The summed E-state index contributed by atoms with van der Waals surface area (Å²) in [4.78, 5) is 53.4. The Morgan fingerprint density at radius 3 is 2.75 bits per heavy atom. The van der Waals surface area contributed by atoms with Gasteiger partial charge in [-0.2, -0.15) is 0 Å². The molecule has 13 nitrogen and oxygen atoms in total. The molecule has 13 heteroatoms.